The highest BCUT2D eigenvalue weighted by molar-refractivity contribution is 5.85. The third-order valence-corrected chi connectivity index (χ3v) is 1.08. The number of hydrogen-bond donors (Lipinski definition) is 1. The highest BCUT2D eigenvalue weighted by atomic mass is 16.4. The Hall–Kier alpha value is -1.71. The van der Waals surface area contributed by atoms with Crippen LogP contribution in [0.1, 0.15) is 16.2 Å². The molecule has 0 radical (unpaired) electrons. The summed E-state index contributed by atoms with van der Waals surface area (Å²) in [6.45, 7) is 3.44. The van der Waals surface area contributed by atoms with Gasteiger partial charge >= 0.3 is 5.97 Å². The maximum atomic E-state index is 10.3. The molecule has 0 saturated carbocycles. The van der Waals surface area contributed by atoms with Crippen LogP contribution >= 0.6 is 0 Å². The zero-order valence-electron chi connectivity index (χ0n) is 5.69. The molecule has 4 heteroatoms. The smallest absolute Gasteiger partial charge is 0.356 e. The van der Waals surface area contributed by atoms with Crippen LogP contribution in [-0.2, 0) is 0 Å². The predicted molar refractivity (Wildman–Crippen MR) is 39.1 cm³/mol. The first kappa shape index (κ1) is 7.40. The summed E-state index contributed by atoms with van der Waals surface area (Å²) in [5.41, 5.74) is 0.396. The molecular weight excluding hydrogens is 144 g/mol. The van der Waals surface area contributed by atoms with Gasteiger partial charge in [0.1, 0.15) is 0 Å². The molecule has 0 aliphatic rings. The average Bonchev–Trinajstić information content (AvgIpc) is 2.05. The van der Waals surface area contributed by atoms with Crippen molar-refractivity contribution >= 4 is 12.0 Å². The maximum Gasteiger partial charge on any atom is 0.356 e. The molecule has 1 aromatic rings. The number of rotatable bonds is 2. The van der Waals surface area contributed by atoms with E-state index in [9.17, 15) is 4.79 Å². The van der Waals surface area contributed by atoms with Crippen molar-refractivity contribution in [1.29, 1.82) is 0 Å². The van der Waals surface area contributed by atoms with Gasteiger partial charge in [0.2, 0.25) is 0 Å². The van der Waals surface area contributed by atoms with E-state index < -0.39 is 5.97 Å². The fourth-order valence-corrected chi connectivity index (χ4v) is 0.582. The summed E-state index contributed by atoms with van der Waals surface area (Å²) < 4.78 is 0. The van der Waals surface area contributed by atoms with Gasteiger partial charge in [-0.05, 0) is 6.08 Å². The summed E-state index contributed by atoms with van der Waals surface area (Å²) >= 11 is 0. The Morgan fingerprint density at radius 2 is 2.36 bits per heavy atom. The zero-order valence-corrected chi connectivity index (χ0v) is 5.69. The standard InChI is InChI=1S/C7H6N2O2/c1-2-5-3-8-4-6(9-5)7(10)11/h2-4H,1H2,(H,10,11). The van der Waals surface area contributed by atoms with Crippen molar-refractivity contribution in [2.75, 3.05) is 0 Å². The first-order valence-electron chi connectivity index (χ1n) is 2.92. The molecule has 4 nitrogen and oxygen atoms in total. The molecule has 1 rings (SSSR count). The molecule has 0 bridgehead atoms. The van der Waals surface area contributed by atoms with E-state index in [0.29, 0.717) is 5.69 Å². The van der Waals surface area contributed by atoms with Gasteiger partial charge in [0.15, 0.2) is 5.69 Å². The molecule has 1 N–H and O–H groups in total. The minimum atomic E-state index is -1.08. The topological polar surface area (TPSA) is 63.1 Å². The van der Waals surface area contributed by atoms with E-state index in [0.717, 1.165) is 0 Å². The van der Waals surface area contributed by atoms with Gasteiger partial charge in [-0.25, -0.2) is 9.78 Å². The minimum Gasteiger partial charge on any atom is -0.476 e. The van der Waals surface area contributed by atoms with Crippen molar-refractivity contribution in [2.24, 2.45) is 0 Å². The molecule has 0 spiro atoms. The van der Waals surface area contributed by atoms with Crippen LogP contribution in [0.25, 0.3) is 6.08 Å². The van der Waals surface area contributed by atoms with Crippen LogP contribution in [0.4, 0.5) is 0 Å². The van der Waals surface area contributed by atoms with Crippen LogP contribution < -0.4 is 0 Å². The number of carboxylic acids is 1. The molecular formula is C7H6N2O2. The number of carboxylic acid groups (broad SMARTS) is 1. The largest absolute Gasteiger partial charge is 0.476 e. The second-order valence-corrected chi connectivity index (χ2v) is 1.84. The maximum absolute atomic E-state index is 10.3. The van der Waals surface area contributed by atoms with Crippen LogP contribution in [-0.4, -0.2) is 21.0 Å². The molecule has 0 aliphatic carbocycles. The zero-order chi connectivity index (χ0) is 8.27. The van der Waals surface area contributed by atoms with E-state index >= 15 is 0 Å². The lowest BCUT2D eigenvalue weighted by Crippen LogP contribution is -2.01. The molecule has 0 aromatic carbocycles. The summed E-state index contributed by atoms with van der Waals surface area (Å²) in [5, 5.41) is 8.47. The van der Waals surface area contributed by atoms with Gasteiger partial charge in [-0.3, -0.25) is 4.98 Å². The van der Waals surface area contributed by atoms with Gasteiger partial charge in [-0.1, -0.05) is 6.58 Å². The Morgan fingerprint density at radius 3 is 2.91 bits per heavy atom. The van der Waals surface area contributed by atoms with Gasteiger partial charge in [0.05, 0.1) is 18.1 Å². The Balaban J connectivity index is 3.10. The molecule has 11 heavy (non-hydrogen) atoms. The monoisotopic (exact) mass is 150 g/mol. The Kier molecular flexibility index (Phi) is 1.96. The summed E-state index contributed by atoms with van der Waals surface area (Å²) in [7, 11) is 0. The van der Waals surface area contributed by atoms with Crippen LogP contribution in [0.2, 0.25) is 0 Å². The molecule has 0 fully saturated rings. The lowest BCUT2D eigenvalue weighted by Gasteiger charge is -1.93. The van der Waals surface area contributed by atoms with Crippen LogP contribution in [0.5, 0.6) is 0 Å². The SMILES string of the molecule is C=Cc1cncc(C(=O)O)n1. The molecule has 0 amide bonds. The highest BCUT2D eigenvalue weighted by Crippen LogP contribution is 1.96. The lowest BCUT2D eigenvalue weighted by molar-refractivity contribution is 0.0690. The number of carbonyl (C=O) groups is 1. The molecule has 1 aromatic heterocycles. The third-order valence-electron chi connectivity index (χ3n) is 1.08. The summed E-state index contributed by atoms with van der Waals surface area (Å²) in [6.07, 6.45) is 4.08. The van der Waals surface area contributed by atoms with E-state index in [1.54, 1.807) is 0 Å². The number of aromatic carboxylic acids is 1. The summed E-state index contributed by atoms with van der Waals surface area (Å²) in [6, 6.07) is 0. The Bertz CT molecular complexity index is 296. The molecule has 56 valence electrons. The first-order chi connectivity index (χ1) is 5.24. The molecule has 0 saturated heterocycles. The third kappa shape index (κ3) is 1.61. The second kappa shape index (κ2) is 2.92. The van der Waals surface area contributed by atoms with Crippen molar-refractivity contribution in [3.05, 3.63) is 30.4 Å². The van der Waals surface area contributed by atoms with E-state index in [-0.39, 0.29) is 5.69 Å². The lowest BCUT2D eigenvalue weighted by atomic mass is 10.4. The fraction of sp³-hybridized carbons (Fsp3) is 0. The van der Waals surface area contributed by atoms with E-state index in [2.05, 4.69) is 16.5 Å². The van der Waals surface area contributed by atoms with Gasteiger partial charge in [-0.15, -0.1) is 0 Å². The predicted octanol–water partition coefficient (Wildman–Crippen LogP) is 0.818. The van der Waals surface area contributed by atoms with Crippen molar-refractivity contribution in [3.63, 3.8) is 0 Å². The number of hydrogen-bond acceptors (Lipinski definition) is 3. The van der Waals surface area contributed by atoms with E-state index in [1.165, 1.54) is 18.5 Å². The summed E-state index contributed by atoms with van der Waals surface area (Å²) in [5.74, 6) is -1.08. The Labute approximate surface area is 63.2 Å². The molecule has 1 heterocycles. The average molecular weight is 150 g/mol. The van der Waals surface area contributed by atoms with E-state index in [1.807, 2.05) is 0 Å². The number of nitrogens with zero attached hydrogens (tertiary/aromatic N) is 2. The highest BCUT2D eigenvalue weighted by Gasteiger charge is 2.03. The summed E-state index contributed by atoms with van der Waals surface area (Å²) in [4.78, 5) is 17.7. The van der Waals surface area contributed by atoms with Crippen molar-refractivity contribution in [3.8, 4) is 0 Å². The minimum absolute atomic E-state index is 0.0672. The van der Waals surface area contributed by atoms with Gasteiger partial charge < -0.3 is 5.11 Å². The second-order valence-electron chi connectivity index (χ2n) is 1.84. The van der Waals surface area contributed by atoms with Crippen molar-refractivity contribution < 1.29 is 9.90 Å². The van der Waals surface area contributed by atoms with E-state index in [4.69, 9.17) is 5.11 Å². The van der Waals surface area contributed by atoms with Crippen LogP contribution in [0.15, 0.2) is 19.0 Å². The number of aromatic nitrogens is 2. The first-order valence-corrected chi connectivity index (χ1v) is 2.92. The van der Waals surface area contributed by atoms with Gasteiger partial charge in [0.25, 0.3) is 0 Å². The van der Waals surface area contributed by atoms with Crippen molar-refractivity contribution in [1.82, 2.24) is 9.97 Å². The van der Waals surface area contributed by atoms with Crippen molar-refractivity contribution in [2.45, 2.75) is 0 Å². The Morgan fingerprint density at radius 1 is 1.64 bits per heavy atom. The molecule has 0 atom stereocenters. The van der Waals surface area contributed by atoms with Crippen LogP contribution in [0.3, 0.4) is 0 Å². The quantitative estimate of drug-likeness (QED) is 0.677. The normalized spacial score (nSPS) is 9.09. The fourth-order valence-electron chi connectivity index (χ4n) is 0.582. The van der Waals surface area contributed by atoms with Gasteiger partial charge in [-0.2, -0.15) is 0 Å². The molecule has 0 aliphatic heterocycles. The molecule has 0 unspecified atom stereocenters. The van der Waals surface area contributed by atoms with Gasteiger partial charge in [0, 0.05) is 0 Å². The van der Waals surface area contributed by atoms with Crippen LogP contribution in [0, 0.1) is 0 Å².